The fraction of sp³-hybridized carbons (Fsp3) is 0.405. The second-order valence-corrected chi connectivity index (χ2v) is 13.9. The summed E-state index contributed by atoms with van der Waals surface area (Å²) in [6, 6.07) is 0. The van der Waals surface area contributed by atoms with Crippen LogP contribution in [-0.4, -0.2) is 54.5 Å². The maximum atomic E-state index is 14.2. The molecule has 0 aromatic carbocycles. The molecule has 3 aromatic rings. The summed E-state index contributed by atoms with van der Waals surface area (Å²) in [7, 11) is 1.29. The Balaban J connectivity index is 0.00000523. The molecule has 1 saturated heterocycles. The molecular formula is C42H47MgN4O5-. The van der Waals surface area contributed by atoms with Crippen molar-refractivity contribution in [1.29, 1.82) is 0 Å². The molecule has 3 aromatic heterocycles. The summed E-state index contributed by atoms with van der Waals surface area (Å²) in [5.41, 5.74) is 11.1. The Morgan fingerprint density at radius 2 is 1.67 bits per heavy atom. The molecule has 5 heterocycles. The van der Waals surface area contributed by atoms with Gasteiger partial charge in [0.2, 0.25) is 0 Å². The van der Waals surface area contributed by atoms with Gasteiger partial charge in [-0.05, 0) is 64.2 Å². The normalized spacial score (nSPS) is 22.7. The van der Waals surface area contributed by atoms with Crippen molar-refractivity contribution in [3.05, 3.63) is 96.5 Å². The number of aromatic nitrogens is 3. The number of carbonyl (C=O) groups excluding carboxylic acids is 3. The van der Waals surface area contributed by atoms with Crippen LogP contribution in [0.4, 0.5) is 0 Å². The standard InChI is InChI=1S/C42H48N4O5.Mg/c1-10-13-21(4)16-17-51-35(47)15-14-28-24(7)31-18-29-22(5)26(11-2)33(43-29)19-30-23(6)27(12-3)34(44-30)20-32-25(8)36-40(46-32)37(39(28)45-31)38(41(36)48)42(49)50-9;/h11,16,18-20,24,28,38H,2,10,12-15,17H2,1,3-9H3,(H2,45,46,48);/q-2;+2/p-1/b21-16+,30-19-,31-18-,34-20-;/t24-,28-,38+;/m0./s1. The maximum Gasteiger partial charge on any atom is 2.00 e. The van der Waals surface area contributed by atoms with Gasteiger partial charge in [0.1, 0.15) is 12.5 Å². The molecule has 10 heteroatoms. The van der Waals surface area contributed by atoms with Crippen LogP contribution in [0.2, 0.25) is 0 Å². The van der Waals surface area contributed by atoms with Crippen LogP contribution >= 0.6 is 0 Å². The Morgan fingerprint density at radius 3 is 2.35 bits per heavy atom. The Morgan fingerprint density at radius 1 is 0.962 bits per heavy atom. The van der Waals surface area contributed by atoms with Crippen LogP contribution in [0.1, 0.15) is 114 Å². The van der Waals surface area contributed by atoms with Crippen LogP contribution < -0.4 is 31.0 Å². The summed E-state index contributed by atoms with van der Waals surface area (Å²) in [5.74, 6) is -2.84. The van der Waals surface area contributed by atoms with Crippen LogP contribution in [0, 0.1) is 38.5 Å². The molecule has 0 unspecified atom stereocenters. The minimum absolute atomic E-state index is 0. The summed E-state index contributed by atoms with van der Waals surface area (Å²) >= 11 is 0. The van der Waals surface area contributed by atoms with Gasteiger partial charge in [-0.25, -0.2) is 0 Å². The quantitative estimate of drug-likeness (QED) is 0.135. The van der Waals surface area contributed by atoms with Crippen LogP contribution in [0.5, 0.6) is 0 Å². The zero-order valence-corrected chi connectivity index (χ0v) is 33.1. The number of nitrogens with zero attached hydrogens (tertiary/aromatic N) is 3. The zero-order valence-electron chi connectivity index (χ0n) is 31.7. The Kier molecular flexibility index (Phi) is 11.8. The number of Topliss-reactive ketones (excluding diaryl/α,β-unsaturated/α-hetero) is 1. The number of ketones is 1. The van der Waals surface area contributed by atoms with Gasteiger partial charge in [0, 0.05) is 35.2 Å². The number of methoxy groups -OCH3 is 1. The average molecular weight is 712 g/mol. The summed E-state index contributed by atoms with van der Waals surface area (Å²) < 4.78 is 10.8. The Bertz CT molecular complexity index is 2170. The first-order chi connectivity index (χ1) is 24.4. The van der Waals surface area contributed by atoms with Gasteiger partial charge in [-0.2, -0.15) is 0 Å². The number of hydrogen-bond acceptors (Lipinski definition) is 6. The van der Waals surface area contributed by atoms with Crippen LogP contribution in [0.15, 0.2) is 29.6 Å². The number of rotatable bonds is 10. The van der Waals surface area contributed by atoms with E-state index in [4.69, 9.17) is 24.4 Å². The van der Waals surface area contributed by atoms with Crippen molar-refractivity contribution in [2.75, 3.05) is 13.7 Å². The van der Waals surface area contributed by atoms with Gasteiger partial charge in [0.25, 0.3) is 0 Å². The van der Waals surface area contributed by atoms with E-state index in [1.807, 2.05) is 51.2 Å². The van der Waals surface area contributed by atoms with E-state index >= 15 is 0 Å². The third-order valence-corrected chi connectivity index (χ3v) is 10.8. The van der Waals surface area contributed by atoms with E-state index in [1.54, 1.807) is 0 Å². The van der Waals surface area contributed by atoms with Gasteiger partial charge in [-0.15, -0.1) is 33.5 Å². The van der Waals surface area contributed by atoms with Gasteiger partial charge in [-0.3, -0.25) is 14.4 Å². The minimum Gasteiger partial charge on any atom is -0.657 e. The van der Waals surface area contributed by atoms with Gasteiger partial charge >= 0.3 is 35.0 Å². The second-order valence-electron chi connectivity index (χ2n) is 13.9. The van der Waals surface area contributed by atoms with E-state index in [9.17, 15) is 14.4 Å². The largest absolute Gasteiger partial charge is 2.00 e. The zero-order chi connectivity index (χ0) is 36.7. The molecule has 0 amide bonds. The fourth-order valence-corrected chi connectivity index (χ4v) is 7.87. The topological polar surface area (TPSA) is 124 Å². The fourth-order valence-electron chi connectivity index (χ4n) is 7.87. The second kappa shape index (κ2) is 15.8. The van der Waals surface area contributed by atoms with Crippen molar-refractivity contribution >= 4 is 70.7 Å². The summed E-state index contributed by atoms with van der Waals surface area (Å²) in [4.78, 5) is 55.9. The van der Waals surface area contributed by atoms with Crippen molar-refractivity contribution in [1.82, 2.24) is 20.3 Å². The number of allylic oxidation sites excluding steroid dienone is 3. The molecular weight excluding hydrogens is 665 g/mol. The monoisotopic (exact) mass is 711 g/mol. The first kappa shape index (κ1) is 38.9. The summed E-state index contributed by atoms with van der Waals surface area (Å²) in [5, 5.41) is 5.23. The van der Waals surface area contributed by atoms with E-state index in [-0.39, 0.29) is 59.7 Å². The number of fused-ring (bicyclic) bond motifs is 7. The number of ether oxygens (including phenoxy) is 2. The molecule has 268 valence electrons. The van der Waals surface area contributed by atoms with Crippen molar-refractivity contribution in [2.24, 2.45) is 17.8 Å². The molecule has 3 aliphatic rings. The Labute approximate surface area is 321 Å². The smallest absolute Gasteiger partial charge is 0.657 e. The van der Waals surface area contributed by atoms with Gasteiger partial charge < -0.3 is 29.7 Å². The third kappa shape index (κ3) is 6.83. The van der Waals surface area contributed by atoms with Crippen molar-refractivity contribution < 1.29 is 23.9 Å². The SMILES string of the molecule is C=Cc1c2[n-]c(c1C)/C=C1\N/C(=C3\c4[n-]c(c(C)c4C(=O)[C@@H]3C(=O)OC)/C=c3\[n-]/c(c(C)c3CC)=C\2)[C@@H](CCC(=O)OC/C=C(\C)CCC)[C@@H]1C.[Mg+2]. The van der Waals surface area contributed by atoms with E-state index in [1.165, 1.54) is 12.7 Å². The predicted octanol–water partition coefficient (Wildman–Crippen LogP) is 4.94. The number of carbonyl (C=O) groups is 3. The molecule has 9 nitrogen and oxygen atoms in total. The van der Waals surface area contributed by atoms with Crippen LogP contribution in [-0.2, 0) is 25.5 Å². The molecule has 0 spiro atoms. The van der Waals surface area contributed by atoms with E-state index in [2.05, 4.69) is 39.6 Å². The van der Waals surface area contributed by atoms with Crippen molar-refractivity contribution in [3.63, 3.8) is 0 Å². The number of esters is 2. The maximum absolute atomic E-state index is 14.2. The minimum atomic E-state index is -1.18. The van der Waals surface area contributed by atoms with E-state index in [0.29, 0.717) is 40.2 Å². The predicted molar refractivity (Wildman–Crippen MR) is 204 cm³/mol. The molecule has 1 fully saturated rings. The first-order valence-corrected chi connectivity index (χ1v) is 17.9. The molecule has 2 aliphatic heterocycles. The van der Waals surface area contributed by atoms with Gasteiger partial charge in [0.05, 0.1) is 7.11 Å². The van der Waals surface area contributed by atoms with E-state index < -0.39 is 11.9 Å². The summed E-state index contributed by atoms with van der Waals surface area (Å²) in [6.07, 6.45) is 13.1. The molecule has 0 saturated carbocycles. The van der Waals surface area contributed by atoms with Crippen molar-refractivity contribution in [3.8, 4) is 0 Å². The molecule has 1 N–H and O–H groups in total. The summed E-state index contributed by atoms with van der Waals surface area (Å²) in [6.45, 7) is 18.6. The number of hydrogen-bond donors (Lipinski definition) is 1. The molecule has 0 radical (unpaired) electrons. The Hall–Kier alpha value is -4.28. The first-order valence-electron chi connectivity index (χ1n) is 17.9. The molecule has 52 heavy (non-hydrogen) atoms. The van der Waals surface area contributed by atoms with Gasteiger partial charge in [-0.1, -0.05) is 85.9 Å². The van der Waals surface area contributed by atoms with Crippen molar-refractivity contribution in [2.45, 2.75) is 80.6 Å². The number of nitrogens with one attached hydrogen (secondary N) is 1. The molecule has 1 aliphatic carbocycles. The average Bonchev–Trinajstić information content (AvgIpc) is 3.84. The molecule has 3 atom stereocenters. The van der Waals surface area contributed by atoms with Crippen LogP contribution in [0.3, 0.4) is 0 Å². The molecule has 8 bridgehead atoms. The van der Waals surface area contributed by atoms with E-state index in [0.717, 1.165) is 69.3 Å². The third-order valence-electron chi connectivity index (χ3n) is 10.8. The molecule has 6 rings (SSSR count). The van der Waals surface area contributed by atoms with Crippen LogP contribution in [0.25, 0.3) is 29.9 Å². The van der Waals surface area contributed by atoms with Gasteiger partial charge in [0.15, 0.2) is 5.78 Å².